The van der Waals surface area contributed by atoms with Crippen LogP contribution in [0.15, 0.2) is 42.7 Å². The van der Waals surface area contributed by atoms with Crippen LogP contribution in [0.4, 0.5) is 4.39 Å². The Kier molecular flexibility index (Phi) is 6.33. The molecule has 0 aliphatic carbocycles. The minimum atomic E-state index is -0.312. The largest absolute Gasteiger partial charge is 0.494 e. The first-order chi connectivity index (χ1) is 10.8. The van der Waals surface area contributed by atoms with Crippen molar-refractivity contribution in [3.8, 4) is 5.75 Å². The average molecular weight is 338 g/mol. The van der Waals surface area contributed by atoms with Gasteiger partial charge >= 0.3 is 0 Å². The molecule has 124 valence electrons. The van der Waals surface area contributed by atoms with E-state index in [1.165, 1.54) is 12.7 Å². The van der Waals surface area contributed by atoms with E-state index in [0.29, 0.717) is 6.54 Å². The number of hydrogen-bond acceptors (Lipinski definition) is 4. The maximum Gasteiger partial charge on any atom is 0.165 e. The fourth-order valence-electron chi connectivity index (χ4n) is 2.88. The fourth-order valence-corrected chi connectivity index (χ4v) is 2.88. The van der Waals surface area contributed by atoms with Crippen molar-refractivity contribution in [2.75, 3.05) is 26.7 Å². The van der Waals surface area contributed by atoms with Crippen LogP contribution in [0.3, 0.4) is 0 Å². The van der Waals surface area contributed by atoms with Gasteiger partial charge in [-0.1, -0.05) is 12.1 Å². The van der Waals surface area contributed by atoms with Crippen molar-refractivity contribution in [1.29, 1.82) is 0 Å². The van der Waals surface area contributed by atoms with E-state index in [-0.39, 0.29) is 30.0 Å². The van der Waals surface area contributed by atoms with Crippen LogP contribution in [0, 0.1) is 5.82 Å². The van der Waals surface area contributed by atoms with Crippen LogP contribution in [0.25, 0.3) is 0 Å². The Hall–Kier alpha value is -1.69. The third kappa shape index (κ3) is 4.19. The molecule has 0 radical (unpaired) electrons. The van der Waals surface area contributed by atoms with Crippen molar-refractivity contribution >= 4 is 12.4 Å². The second kappa shape index (κ2) is 8.24. The zero-order chi connectivity index (χ0) is 15.4. The Bertz CT molecular complexity index is 626. The number of aromatic nitrogens is 1. The number of rotatable bonds is 4. The highest BCUT2D eigenvalue weighted by atomic mass is 35.5. The standard InChI is InChI=1S/C17H20FN3O.ClH/c1-22-17-5-4-13(9-15(17)18)12-21-8-7-20-11-16(21)14-3-2-6-19-10-14;/h2-6,9-10,16,20H,7-8,11-12H2,1H3;1H. The molecule has 0 saturated carbocycles. The molecule has 2 aromatic rings. The van der Waals surface area contributed by atoms with Gasteiger partial charge in [-0.25, -0.2) is 4.39 Å². The van der Waals surface area contributed by atoms with Gasteiger partial charge in [0.1, 0.15) is 0 Å². The van der Waals surface area contributed by atoms with E-state index in [1.54, 1.807) is 18.3 Å². The lowest BCUT2D eigenvalue weighted by atomic mass is 10.0. The van der Waals surface area contributed by atoms with Gasteiger partial charge in [0.2, 0.25) is 0 Å². The molecule has 6 heteroatoms. The van der Waals surface area contributed by atoms with Crippen molar-refractivity contribution in [3.63, 3.8) is 0 Å². The smallest absolute Gasteiger partial charge is 0.165 e. The number of nitrogens with one attached hydrogen (secondary N) is 1. The van der Waals surface area contributed by atoms with E-state index < -0.39 is 0 Å². The number of methoxy groups -OCH3 is 1. The lowest BCUT2D eigenvalue weighted by Crippen LogP contribution is -2.45. The molecule has 1 aliphatic rings. The second-order valence-corrected chi connectivity index (χ2v) is 5.45. The molecule has 1 fully saturated rings. The van der Waals surface area contributed by atoms with E-state index >= 15 is 0 Å². The molecule has 1 unspecified atom stereocenters. The summed E-state index contributed by atoms with van der Waals surface area (Å²) >= 11 is 0. The summed E-state index contributed by atoms with van der Waals surface area (Å²) in [5.41, 5.74) is 2.14. The summed E-state index contributed by atoms with van der Waals surface area (Å²) in [5, 5.41) is 3.42. The molecule has 0 spiro atoms. The van der Waals surface area contributed by atoms with E-state index in [4.69, 9.17) is 4.74 Å². The van der Waals surface area contributed by atoms with Crippen LogP contribution >= 0.6 is 12.4 Å². The Morgan fingerprint density at radius 2 is 2.26 bits per heavy atom. The van der Waals surface area contributed by atoms with Crippen LogP contribution in [0.5, 0.6) is 5.75 Å². The first-order valence-electron chi connectivity index (χ1n) is 7.45. The van der Waals surface area contributed by atoms with Gasteiger partial charge in [-0.3, -0.25) is 9.88 Å². The molecule has 1 N–H and O–H groups in total. The van der Waals surface area contributed by atoms with Crippen LogP contribution in [0.1, 0.15) is 17.2 Å². The van der Waals surface area contributed by atoms with Gasteiger partial charge in [-0.05, 0) is 29.3 Å². The Morgan fingerprint density at radius 3 is 2.96 bits per heavy atom. The maximum absolute atomic E-state index is 13.9. The molecule has 2 heterocycles. The van der Waals surface area contributed by atoms with Crippen molar-refractivity contribution in [1.82, 2.24) is 15.2 Å². The highest BCUT2D eigenvalue weighted by Crippen LogP contribution is 2.25. The SMILES string of the molecule is COc1ccc(CN2CCNCC2c2cccnc2)cc1F.Cl. The van der Waals surface area contributed by atoms with Crippen LogP contribution in [-0.2, 0) is 6.54 Å². The first kappa shape index (κ1) is 17.7. The summed E-state index contributed by atoms with van der Waals surface area (Å²) in [6.45, 7) is 3.45. The average Bonchev–Trinajstić information content (AvgIpc) is 2.56. The van der Waals surface area contributed by atoms with Crippen molar-refractivity contribution in [2.24, 2.45) is 0 Å². The van der Waals surface area contributed by atoms with Gasteiger partial charge in [0, 0.05) is 44.6 Å². The van der Waals surface area contributed by atoms with Crippen LogP contribution < -0.4 is 10.1 Å². The number of piperazine rings is 1. The summed E-state index contributed by atoms with van der Waals surface area (Å²) in [4.78, 5) is 6.56. The second-order valence-electron chi connectivity index (χ2n) is 5.45. The highest BCUT2D eigenvalue weighted by Gasteiger charge is 2.24. The quantitative estimate of drug-likeness (QED) is 0.931. The Labute approximate surface area is 142 Å². The summed E-state index contributed by atoms with van der Waals surface area (Å²) in [6, 6.07) is 9.46. The van der Waals surface area contributed by atoms with Crippen LogP contribution in [-0.4, -0.2) is 36.6 Å². The fraction of sp³-hybridized carbons (Fsp3) is 0.353. The summed E-state index contributed by atoms with van der Waals surface area (Å²) in [6.07, 6.45) is 3.68. The summed E-state index contributed by atoms with van der Waals surface area (Å²) in [5.74, 6) is -0.0269. The number of benzene rings is 1. The topological polar surface area (TPSA) is 37.4 Å². The molecule has 23 heavy (non-hydrogen) atoms. The molecular weight excluding hydrogens is 317 g/mol. The summed E-state index contributed by atoms with van der Waals surface area (Å²) in [7, 11) is 1.48. The third-order valence-electron chi connectivity index (χ3n) is 4.03. The predicted molar refractivity (Wildman–Crippen MR) is 90.5 cm³/mol. The van der Waals surface area contributed by atoms with Crippen molar-refractivity contribution in [2.45, 2.75) is 12.6 Å². The molecule has 1 aromatic heterocycles. The number of ether oxygens (including phenoxy) is 1. The minimum absolute atomic E-state index is 0. The molecular formula is C17H21ClFN3O. The lowest BCUT2D eigenvalue weighted by molar-refractivity contribution is 0.153. The van der Waals surface area contributed by atoms with E-state index in [1.807, 2.05) is 18.3 Å². The van der Waals surface area contributed by atoms with Gasteiger partial charge < -0.3 is 10.1 Å². The van der Waals surface area contributed by atoms with Gasteiger partial charge in [0.15, 0.2) is 11.6 Å². The number of hydrogen-bond donors (Lipinski definition) is 1. The zero-order valence-electron chi connectivity index (χ0n) is 13.0. The number of nitrogens with zero attached hydrogens (tertiary/aromatic N) is 2. The molecule has 0 bridgehead atoms. The Morgan fingerprint density at radius 1 is 1.39 bits per heavy atom. The number of pyridine rings is 1. The first-order valence-corrected chi connectivity index (χ1v) is 7.45. The molecule has 3 rings (SSSR count). The van der Waals surface area contributed by atoms with Crippen LogP contribution in [0.2, 0.25) is 0 Å². The molecule has 0 amide bonds. The normalized spacial score (nSPS) is 18.3. The molecule has 1 atom stereocenters. The van der Waals surface area contributed by atoms with Crippen molar-refractivity contribution in [3.05, 3.63) is 59.7 Å². The van der Waals surface area contributed by atoms with Crippen molar-refractivity contribution < 1.29 is 9.13 Å². The van der Waals surface area contributed by atoms with Gasteiger partial charge in [0.25, 0.3) is 0 Å². The highest BCUT2D eigenvalue weighted by molar-refractivity contribution is 5.85. The molecule has 1 aromatic carbocycles. The molecule has 4 nitrogen and oxygen atoms in total. The lowest BCUT2D eigenvalue weighted by Gasteiger charge is -2.36. The predicted octanol–water partition coefficient (Wildman–Crippen LogP) is 2.80. The van der Waals surface area contributed by atoms with E-state index in [0.717, 1.165) is 25.2 Å². The molecule has 1 aliphatic heterocycles. The van der Waals surface area contributed by atoms with Gasteiger partial charge in [-0.2, -0.15) is 0 Å². The van der Waals surface area contributed by atoms with Gasteiger partial charge in [0.05, 0.1) is 7.11 Å². The van der Waals surface area contributed by atoms with Gasteiger partial charge in [-0.15, -0.1) is 12.4 Å². The van der Waals surface area contributed by atoms with E-state index in [9.17, 15) is 4.39 Å². The number of halogens is 2. The Balaban J connectivity index is 0.00000192. The third-order valence-corrected chi connectivity index (χ3v) is 4.03. The molecule has 1 saturated heterocycles. The zero-order valence-corrected chi connectivity index (χ0v) is 13.9. The minimum Gasteiger partial charge on any atom is -0.494 e. The van der Waals surface area contributed by atoms with E-state index in [2.05, 4.69) is 21.3 Å². The monoisotopic (exact) mass is 337 g/mol. The summed E-state index contributed by atoms with van der Waals surface area (Å²) < 4.78 is 18.8. The maximum atomic E-state index is 13.9.